The van der Waals surface area contributed by atoms with Gasteiger partial charge in [0.25, 0.3) is 0 Å². The first kappa shape index (κ1) is 50.2. The molecule has 0 radical (unpaired) electrons. The predicted molar refractivity (Wildman–Crippen MR) is 222 cm³/mol. The van der Waals surface area contributed by atoms with E-state index in [0.717, 1.165) is 43.4 Å². The van der Waals surface area contributed by atoms with E-state index in [0.29, 0.717) is 32.5 Å². The van der Waals surface area contributed by atoms with Crippen molar-refractivity contribution in [3.05, 3.63) is 0 Å². The maximum absolute atomic E-state index is 13.2. The molecule has 0 spiro atoms. The predicted octanol–water partition coefficient (Wildman–Crippen LogP) is 12.8. The van der Waals surface area contributed by atoms with Crippen LogP contribution >= 0.6 is 0 Å². The topological polar surface area (TPSA) is 125 Å². The number of carbonyl (C=O) groups is 3. The number of unbranched alkanes of at least 4 members (excludes halogenated alkanes) is 31. The molecule has 0 unspecified atom stereocenters. The summed E-state index contributed by atoms with van der Waals surface area (Å²) in [5, 5.41) is 15.6. The maximum Gasteiger partial charge on any atom is 0.327 e. The summed E-state index contributed by atoms with van der Waals surface area (Å²) in [6.07, 6.45) is 42.4. The molecule has 0 bridgehead atoms. The third-order valence-electron chi connectivity index (χ3n) is 10.6. The average molecular weight is 737 g/mol. The number of nitrogens with one attached hydrogen (secondary N) is 2. The fraction of sp³-hybridized carbons (Fsp3) is 0.932. The molecule has 0 rings (SSSR count). The van der Waals surface area contributed by atoms with Crippen molar-refractivity contribution in [2.24, 2.45) is 5.73 Å². The van der Waals surface area contributed by atoms with Gasteiger partial charge in [0.15, 0.2) is 0 Å². The summed E-state index contributed by atoms with van der Waals surface area (Å²) in [4.78, 5) is 39.4. The highest BCUT2D eigenvalue weighted by molar-refractivity contribution is 5.97. The molecule has 0 aliphatic carbocycles. The summed E-state index contributed by atoms with van der Waals surface area (Å²) in [6, 6.07) is -2.45. The Balaban J connectivity index is 4.19. The molecule has 0 aliphatic rings. The molecule has 8 heteroatoms. The maximum atomic E-state index is 13.2. The summed E-state index contributed by atoms with van der Waals surface area (Å²) in [7, 11) is 0. The van der Waals surface area contributed by atoms with Crippen molar-refractivity contribution in [2.75, 3.05) is 19.6 Å². The number of amides is 4. The number of rotatable bonds is 40. The Kier molecular flexibility index (Phi) is 38.9. The van der Waals surface area contributed by atoms with Crippen LogP contribution in [0.5, 0.6) is 0 Å². The van der Waals surface area contributed by atoms with E-state index < -0.39 is 24.1 Å². The highest BCUT2D eigenvalue weighted by Gasteiger charge is 2.34. The zero-order chi connectivity index (χ0) is 38.2. The number of nitrogens with two attached hydrogens (primary N) is 1. The van der Waals surface area contributed by atoms with Gasteiger partial charge >= 0.3 is 18.0 Å². The Bertz CT molecular complexity index is 746. The van der Waals surface area contributed by atoms with Crippen molar-refractivity contribution >= 4 is 18.0 Å². The Morgan fingerprint density at radius 2 is 0.712 bits per heavy atom. The minimum absolute atomic E-state index is 0.200. The lowest BCUT2D eigenvalue weighted by atomic mass is 10.0. The fourth-order valence-corrected chi connectivity index (χ4v) is 7.13. The number of aliphatic carboxylic acids is 1. The van der Waals surface area contributed by atoms with Gasteiger partial charge < -0.3 is 21.5 Å². The second-order valence-corrected chi connectivity index (χ2v) is 15.6. The third-order valence-corrected chi connectivity index (χ3v) is 10.6. The number of carboxylic acids is 1. The molecule has 308 valence electrons. The van der Waals surface area contributed by atoms with E-state index in [1.807, 2.05) is 0 Å². The van der Waals surface area contributed by atoms with E-state index in [9.17, 15) is 19.5 Å². The van der Waals surface area contributed by atoms with Crippen LogP contribution in [0.15, 0.2) is 0 Å². The standard InChI is InChI=1S/C44H88N4O4/c1-3-5-7-9-11-13-15-17-19-21-23-25-27-29-31-35-39-46-43(51)48(41(42(49)50)37-33-34-38-45)44(52)47-40-36-32-30-28-26-24-22-20-18-16-14-12-10-8-6-4-2/h41H,3-40,45H2,1-2H3,(H,46,51)(H,47,52)(H,49,50)/t41-/m0/s1. The zero-order valence-electron chi connectivity index (χ0n) is 34.6. The lowest BCUT2D eigenvalue weighted by Gasteiger charge is -2.27. The van der Waals surface area contributed by atoms with Crippen LogP contribution in [0.4, 0.5) is 9.59 Å². The monoisotopic (exact) mass is 737 g/mol. The molecule has 0 aliphatic heterocycles. The van der Waals surface area contributed by atoms with Crippen LogP contribution < -0.4 is 16.4 Å². The molecule has 0 saturated carbocycles. The van der Waals surface area contributed by atoms with Gasteiger partial charge in [-0.25, -0.2) is 19.3 Å². The van der Waals surface area contributed by atoms with Gasteiger partial charge in [-0.15, -0.1) is 0 Å². The van der Waals surface area contributed by atoms with E-state index in [1.165, 1.54) is 167 Å². The summed E-state index contributed by atoms with van der Waals surface area (Å²) in [5.41, 5.74) is 5.62. The minimum atomic E-state index is -1.21. The second kappa shape index (κ2) is 40.4. The lowest BCUT2D eigenvalue weighted by molar-refractivity contribution is -0.141. The molecule has 4 amide bonds. The third kappa shape index (κ3) is 32.8. The fourth-order valence-electron chi connectivity index (χ4n) is 7.13. The number of carboxylic acid groups (broad SMARTS) is 1. The zero-order valence-corrected chi connectivity index (χ0v) is 34.6. The van der Waals surface area contributed by atoms with Gasteiger partial charge in [0.2, 0.25) is 0 Å². The number of urea groups is 2. The van der Waals surface area contributed by atoms with Crippen LogP contribution in [0.3, 0.4) is 0 Å². The van der Waals surface area contributed by atoms with Gasteiger partial charge in [-0.2, -0.15) is 0 Å². The molecule has 0 heterocycles. The van der Waals surface area contributed by atoms with Crippen LogP contribution in [0.2, 0.25) is 0 Å². The smallest absolute Gasteiger partial charge is 0.327 e. The second-order valence-electron chi connectivity index (χ2n) is 15.6. The van der Waals surface area contributed by atoms with Gasteiger partial charge in [-0.3, -0.25) is 0 Å². The lowest BCUT2D eigenvalue weighted by Crippen LogP contribution is -2.56. The number of hydrogen-bond donors (Lipinski definition) is 4. The molecule has 0 fully saturated rings. The molecule has 0 aromatic carbocycles. The van der Waals surface area contributed by atoms with Gasteiger partial charge in [0.05, 0.1) is 0 Å². The van der Waals surface area contributed by atoms with Crippen molar-refractivity contribution in [2.45, 2.75) is 245 Å². The van der Waals surface area contributed by atoms with E-state index in [1.54, 1.807) is 0 Å². The molecule has 0 aromatic heterocycles. The highest BCUT2D eigenvalue weighted by Crippen LogP contribution is 2.16. The van der Waals surface area contributed by atoms with E-state index >= 15 is 0 Å². The number of carbonyl (C=O) groups excluding carboxylic acids is 2. The largest absolute Gasteiger partial charge is 0.480 e. The summed E-state index contributed by atoms with van der Waals surface area (Å²) in [5.74, 6) is -1.16. The number of hydrogen-bond acceptors (Lipinski definition) is 4. The Morgan fingerprint density at radius 1 is 0.442 bits per heavy atom. The first-order valence-electron chi connectivity index (χ1n) is 22.8. The van der Waals surface area contributed by atoms with Crippen molar-refractivity contribution in [1.82, 2.24) is 15.5 Å². The van der Waals surface area contributed by atoms with Crippen LogP contribution in [-0.4, -0.2) is 53.7 Å². The minimum Gasteiger partial charge on any atom is -0.480 e. The summed E-state index contributed by atoms with van der Waals surface area (Å²) < 4.78 is 0. The van der Waals surface area contributed by atoms with Crippen LogP contribution in [0.1, 0.15) is 239 Å². The average Bonchev–Trinajstić information content (AvgIpc) is 3.13. The quantitative estimate of drug-likeness (QED) is 0.0466. The molecule has 8 nitrogen and oxygen atoms in total. The number of nitrogens with zero attached hydrogens (tertiary/aromatic N) is 1. The summed E-state index contributed by atoms with van der Waals surface area (Å²) in [6.45, 7) is 5.87. The Hall–Kier alpha value is -1.83. The van der Waals surface area contributed by atoms with Crippen molar-refractivity contribution in [3.63, 3.8) is 0 Å². The Morgan fingerprint density at radius 3 is 0.962 bits per heavy atom. The molecule has 52 heavy (non-hydrogen) atoms. The van der Waals surface area contributed by atoms with Crippen LogP contribution in [-0.2, 0) is 4.79 Å². The molecule has 1 atom stereocenters. The van der Waals surface area contributed by atoms with Gasteiger partial charge in [0.1, 0.15) is 6.04 Å². The first-order valence-corrected chi connectivity index (χ1v) is 22.8. The van der Waals surface area contributed by atoms with E-state index in [2.05, 4.69) is 24.5 Å². The normalized spacial score (nSPS) is 11.8. The van der Waals surface area contributed by atoms with E-state index in [-0.39, 0.29) is 6.42 Å². The number of imide groups is 1. The molecule has 5 N–H and O–H groups in total. The molecular formula is C44H88N4O4. The van der Waals surface area contributed by atoms with Crippen LogP contribution in [0.25, 0.3) is 0 Å². The SMILES string of the molecule is CCCCCCCCCCCCCCCCCCNC(=O)N(C(=O)NCCCCCCCCCCCCCCCCCC)[C@@H](CCCCN)C(=O)O. The van der Waals surface area contributed by atoms with Crippen LogP contribution in [0, 0.1) is 0 Å². The Labute approximate surface area is 322 Å². The summed E-state index contributed by atoms with van der Waals surface area (Å²) >= 11 is 0. The first-order chi connectivity index (χ1) is 25.5. The van der Waals surface area contributed by atoms with Gasteiger partial charge in [-0.1, -0.05) is 206 Å². The van der Waals surface area contributed by atoms with Gasteiger partial charge in [-0.05, 0) is 38.6 Å². The highest BCUT2D eigenvalue weighted by atomic mass is 16.4. The van der Waals surface area contributed by atoms with Gasteiger partial charge in [0, 0.05) is 13.1 Å². The molecular weight excluding hydrogens is 649 g/mol. The molecule has 0 saturated heterocycles. The van der Waals surface area contributed by atoms with Crippen molar-refractivity contribution in [1.29, 1.82) is 0 Å². The molecule has 0 aromatic rings. The van der Waals surface area contributed by atoms with E-state index in [4.69, 9.17) is 5.73 Å². The van der Waals surface area contributed by atoms with Crippen molar-refractivity contribution < 1.29 is 19.5 Å². The van der Waals surface area contributed by atoms with Crippen molar-refractivity contribution in [3.8, 4) is 0 Å².